The molecule has 0 aliphatic carbocycles. The number of benzene rings is 1. The topological polar surface area (TPSA) is 452 Å². The number of primary amides is 2. The predicted octanol–water partition coefficient (Wildman–Crippen LogP) is -3.36. The molecule has 7 atom stereocenters. The van der Waals surface area contributed by atoms with Crippen molar-refractivity contribution < 1.29 is 57.8 Å². The summed E-state index contributed by atoms with van der Waals surface area (Å²) in [7, 11) is 1.26. The van der Waals surface area contributed by atoms with Crippen molar-refractivity contribution in [1.29, 1.82) is 0 Å². The van der Waals surface area contributed by atoms with Crippen molar-refractivity contribution in [3.63, 3.8) is 0 Å². The summed E-state index contributed by atoms with van der Waals surface area (Å²) in [6.07, 6.45) is 3.19. The highest BCUT2D eigenvalue weighted by Crippen LogP contribution is 2.24. The van der Waals surface area contributed by atoms with Gasteiger partial charge in [-0.05, 0) is 104 Å². The molecular weight excluding hydrogens is 1100 g/mol. The summed E-state index contributed by atoms with van der Waals surface area (Å²) in [5.74, 6) is -8.50. The van der Waals surface area contributed by atoms with Gasteiger partial charge in [-0.25, -0.2) is 4.98 Å². The van der Waals surface area contributed by atoms with Crippen molar-refractivity contribution in [3.05, 3.63) is 54.1 Å². The average Bonchev–Trinajstić information content (AvgIpc) is 4.29. The number of likely N-dealkylation sites (N-methyl/N-ethyl adjacent to an activating group) is 1. The zero-order valence-corrected chi connectivity index (χ0v) is 49.5. The number of nitrogens with two attached hydrogens (primary N) is 5. The Bertz CT molecular complexity index is 2630. The summed E-state index contributed by atoms with van der Waals surface area (Å²) in [6, 6.07) is 0.860. The monoisotopic (exact) mass is 1190 g/mol. The fourth-order valence-corrected chi connectivity index (χ4v) is 9.97. The number of carbonyl (C=O) groups excluding carboxylic acids is 11. The van der Waals surface area contributed by atoms with Gasteiger partial charge in [0.1, 0.15) is 41.7 Å². The number of guanidine groups is 1. The van der Waals surface area contributed by atoms with E-state index in [2.05, 4.69) is 41.5 Å². The molecule has 0 spiro atoms. The van der Waals surface area contributed by atoms with Gasteiger partial charge in [0, 0.05) is 77.0 Å². The molecule has 4 rings (SSSR count). The molecule has 0 bridgehead atoms. The Kier molecular flexibility index (Phi) is 27.7. The van der Waals surface area contributed by atoms with Gasteiger partial charge in [0.15, 0.2) is 5.96 Å². The SMILES string of the molecule is CC(C)NC(=O)[C@@H]1C[C@@H](O)CN1C(=O)[C@H](CC(N)=O)N(C)C(=O)CN(CCc1ccccc1)C(=O)[C@H](CCCCN)NC(=O)[C@@H]1CCCN1C(=O)[C@H](CCCCN=C(N)N)NC(=O)[C@H](CCC(N)=O)NC(=O)C(C)(C)C(=O)NCCc1cnc[nH]1. The van der Waals surface area contributed by atoms with E-state index in [1.165, 1.54) is 37.0 Å². The quantitative estimate of drug-likeness (QED) is 0.0139. The minimum atomic E-state index is -1.72. The van der Waals surface area contributed by atoms with E-state index in [1.807, 2.05) is 18.2 Å². The third kappa shape index (κ3) is 21.7. The zero-order chi connectivity index (χ0) is 63.0. The summed E-state index contributed by atoms with van der Waals surface area (Å²) < 4.78 is 0. The minimum absolute atomic E-state index is 0.00486. The Morgan fingerprint density at radius 2 is 1.48 bits per heavy atom. The lowest BCUT2D eigenvalue weighted by atomic mass is 9.90. The molecule has 17 N–H and O–H groups in total. The summed E-state index contributed by atoms with van der Waals surface area (Å²) in [4.78, 5) is 168. The van der Waals surface area contributed by atoms with Crippen LogP contribution >= 0.6 is 0 Å². The van der Waals surface area contributed by atoms with Crippen molar-refractivity contribution in [2.24, 2.45) is 39.1 Å². The van der Waals surface area contributed by atoms with Crippen LogP contribution in [-0.4, -0.2) is 207 Å². The van der Waals surface area contributed by atoms with Crippen molar-refractivity contribution in [3.8, 4) is 0 Å². The first kappa shape index (κ1) is 69.3. The number of nitrogens with one attached hydrogen (secondary N) is 6. The number of nitrogens with zero attached hydrogens (tertiary/aromatic N) is 6. The average molecular weight is 1190 g/mol. The van der Waals surface area contributed by atoms with E-state index < -0.39 is 126 Å². The smallest absolute Gasteiger partial charge is 0.246 e. The van der Waals surface area contributed by atoms with Crippen molar-refractivity contribution >= 4 is 70.9 Å². The minimum Gasteiger partial charge on any atom is -0.391 e. The molecule has 0 unspecified atom stereocenters. The molecule has 1 aromatic carbocycles. The third-order valence-corrected chi connectivity index (χ3v) is 14.9. The summed E-state index contributed by atoms with van der Waals surface area (Å²) in [6.45, 7) is 5.85. The van der Waals surface area contributed by atoms with Gasteiger partial charge >= 0.3 is 0 Å². The van der Waals surface area contributed by atoms with Crippen molar-refractivity contribution in [2.45, 2.75) is 166 Å². The van der Waals surface area contributed by atoms with Crippen LogP contribution in [0.4, 0.5) is 0 Å². The molecule has 29 nitrogen and oxygen atoms in total. The Labute approximate surface area is 495 Å². The van der Waals surface area contributed by atoms with Crippen LogP contribution in [0, 0.1) is 5.41 Å². The number of amides is 11. The number of hydrogen-bond acceptors (Lipinski definition) is 15. The number of imidazole rings is 1. The number of hydrogen-bond donors (Lipinski definition) is 12. The third-order valence-electron chi connectivity index (χ3n) is 14.9. The van der Waals surface area contributed by atoms with Gasteiger partial charge < -0.3 is 84.9 Å². The first-order valence-corrected chi connectivity index (χ1v) is 28.9. The number of aromatic nitrogens is 2. The lowest BCUT2D eigenvalue weighted by Gasteiger charge is -2.35. The summed E-state index contributed by atoms with van der Waals surface area (Å²) >= 11 is 0. The van der Waals surface area contributed by atoms with E-state index in [0.29, 0.717) is 32.1 Å². The molecule has 2 saturated heterocycles. The number of aliphatic hydroxyl groups excluding tert-OH is 1. The van der Waals surface area contributed by atoms with Crippen LogP contribution < -0.4 is 55.3 Å². The van der Waals surface area contributed by atoms with Crippen LogP contribution in [0.5, 0.6) is 0 Å². The molecule has 2 fully saturated rings. The normalized spacial score (nSPS) is 17.2. The Morgan fingerprint density at radius 1 is 0.800 bits per heavy atom. The second-order valence-corrected chi connectivity index (χ2v) is 22.4. The van der Waals surface area contributed by atoms with E-state index >= 15 is 4.79 Å². The molecule has 0 saturated carbocycles. The molecule has 0 radical (unpaired) electrons. The zero-order valence-electron chi connectivity index (χ0n) is 49.5. The Hall–Kier alpha value is -8.21. The molecule has 1 aromatic heterocycles. The van der Waals surface area contributed by atoms with Gasteiger partial charge in [0.2, 0.25) is 65.0 Å². The van der Waals surface area contributed by atoms with E-state index in [-0.39, 0.29) is 103 Å². The van der Waals surface area contributed by atoms with Gasteiger partial charge in [-0.2, -0.15) is 0 Å². The molecule has 2 aromatic rings. The first-order chi connectivity index (χ1) is 40.2. The number of likely N-dealkylation sites (tertiary alicyclic amines) is 2. The first-order valence-electron chi connectivity index (χ1n) is 28.9. The Morgan fingerprint density at radius 3 is 2.12 bits per heavy atom. The maximum atomic E-state index is 15.0. The lowest BCUT2D eigenvalue weighted by Crippen LogP contribution is -2.59. The molecule has 85 heavy (non-hydrogen) atoms. The second kappa shape index (κ2) is 33.9. The molecule has 29 heteroatoms. The van der Waals surface area contributed by atoms with E-state index in [0.717, 1.165) is 21.1 Å². The molecule has 2 aliphatic rings. The maximum Gasteiger partial charge on any atom is 0.246 e. The molecule has 3 heterocycles. The van der Waals surface area contributed by atoms with Crippen molar-refractivity contribution in [2.75, 3.05) is 52.9 Å². The maximum absolute atomic E-state index is 15.0. The largest absolute Gasteiger partial charge is 0.391 e. The number of aliphatic hydroxyl groups is 1. The number of aromatic amines is 1. The van der Waals surface area contributed by atoms with Crippen LogP contribution in [0.25, 0.3) is 0 Å². The molecule has 470 valence electrons. The lowest BCUT2D eigenvalue weighted by molar-refractivity contribution is -0.150. The summed E-state index contributed by atoms with van der Waals surface area (Å²) in [5.41, 5.74) is 27.9. The number of aliphatic imine (C=N–C) groups is 1. The number of H-pyrrole nitrogens is 1. The van der Waals surface area contributed by atoms with Gasteiger partial charge in [-0.1, -0.05) is 30.3 Å². The standard InChI is InChI=1S/C56H89N17O12/c1-34(2)66-49(80)42-28-37(74)31-73(42)52(83)43(29-45(59)76)70(5)46(77)32-71(27-22-35-14-7-6-8-15-35)50(81)39(16-9-11-23-57)68-48(79)41-18-13-26-72(41)51(82)40(17-10-12-24-64-55(60)61)67-47(78)38(19-20-44(58)75)69-54(85)56(3,4)53(84)63-25-21-36-30-62-33-65-36/h6-8,14-15,30,33-34,37-43,74H,9-13,16-29,31-32,57H2,1-5H3,(H2,58,75)(H2,59,76)(H,62,65)(H,63,84)(H,66,80)(H,67,78)(H,68,79)(H,69,85)(H4,60,61,64)/t37-,38+,39+,40+,41+,42+,43+/m1/s1. The molecular formula is C56H89N17O12. The van der Waals surface area contributed by atoms with Gasteiger partial charge in [-0.3, -0.25) is 57.7 Å². The fraction of sp³-hybridized carbons (Fsp3) is 0.625. The van der Waals surface area contributed by atoms with Crippen LogP contribution in [-0.2, 0) is 65.6 Å². The van der Waals surface area contributed by atoms with E-state index in [4.69, 9.17) is 28.7 Å². The fourth-order valence-electron chi connectivity index (χ4n) is 9.97. The van der Waals surface area contributed by atoms with Crippen LogP contribution in [0.15, 0.2) is 47.8 Å². The number of β-amino-alcohol motifs (C(OH)–C–C–N with tert-alkyl or cyclic N) is 1. The van der Waals surface area contributed by atoms with Crippen LogP contribution in [0.2, 0.25) is 0 Å². The highest BCUT2D eigenvalue weighted by molar-refractivity contribution is 6.06. The molecule has 11 amide bonds. The number of carbonyl (C=O) groups is 11. The van der Waals surface area contributed by atoms with Crippen molar-refractivity contribution in [1.82, 2.24) is 56.2 Å². The van der Waals surface area contributed by atoms with Gasteiger partial charge in [0.05, 0.1) is 25.4 Å². The van der Waals surface area contributed by atoms with E-state index in [9.17, 15) is 53.1 Å². The molecule has 2 aliphatic heterocycles. The highest BCUT2D eigenvalue weighted by Gasteiger charge is 2.45. The number of rotatable bonds is 35. The second-order valence-electron chi connectivity index (χ2n) is 22.4. The van der Waals surface area contributed by atoms with Crippen LogP contribution in [0.1, 0.15) is 116 Å². The number of unbranched alkanes of at least 4 members (excludes halogenated alkanes) is 2. The van der Waals surface area contributed by atoms with E-state index in [1.54, 1.807) is 32.2 Å². The van der Waals surface area contributed by atoms with Gasteiger partial charge in [-0.15, -0.1) is 0 Å². The summed E-state index contributed by atoms with van der Waals surface area (Å²) in [5, 5.41) is 24.2. The predicted molar refractivity (Wildman–Crippen MR) is 312 cm³/mol. The Balaban J connectivity index is 1.62. The van der Waals surface area contributed by atoms with Gasteiger partial charge in [0.25, 0.3) is 0 Å². The van der Waals surface area contributed by atoms with Crippen LogP contribution in [0.3, 0.4) is 0 Å². The highest BCUT2D eigenvalue weighted by atomic mass is 16.3.